The Labute approximate surface area is 125 Å². The smallest absolute Gasteiger partial charge is 0.246 e. The second-order valence-corrected chi connectivity index (χ2v) is 4.93. The molecule has 0 aliphatic rings. The molecule has 0 heterocycles. The standard InChI is InChI=1S/C16H22N2O3/c1-6-16(20)18(4)10-15(19)17-12(3)13-9-11(2)7-8-14(13)21-5/h6-9,12H,1,10H2,2-5H3,(H,17,19)/t12-/m1/s1. The molecule has 1 rings (SSSR count). The van der Waals surface area contributed by atoms with Crippen LogP contribution in [0.2, 0.25) is 0 Å². The van der Waals surface area contributed by atoms with E-state index in [1.807, 2.05) is 32.0 Å². The van der Waals surface area contributed by atoms with E-state index in [0.29, 0.717) is 0 Å². The van der Waals surface area contributed by atoms with E-state index in [1.165, 1.54) is 11.0 Å². The van der Waals surface area contributed by atoms with E-state index in [0.717, 1.165) is 16.9 Å². The molecular weight excluding hydrogens is 268 g/mol. The van der Waals surface area contributed by atoms with Crippen LogP contribution >= 0.6 is 0 Å². The zero-order chi connectivity index (χ0) is 16.0. The molecule has 0 fully saturated rings. The number of carbonyl (C=O) groups is 2. The van der Waals surface area contributed by atoms with Crippen LogP contribution in [-0.2, 0) is 9.59 Å². The third-order valence-corrected chi connectivity index (χ3v) is 3.16. The fourth-order valence-electron chi connectivity index (χ4n) is 2.01. The van der Waals surface area contributed by atoms with E-state index >= 15 is 0 Å². The largest absolute Gasteiger partial charge is 0.496 e. The van der Waals surface area contributed by atoms with Crippen molar-refractivity contribution in [2.24, 2.45) is 0 Å². The van der Waals surface area contributed by atoms with Crippen LogP contribution in [0.4, 0.5) is 0 Å². The molecular formula is C16H22N2O3. The summed E-state index contributed by atoms with van der Waals surface area (Å²) in [5.41, 5.74) is 1.99. The number of methoxy groups -OCH3 is 1. The molecule has 1 N–H and O–H groups in total. The molecule has 2 amide bonds. The zero-order valence-electron chi connectivity index (χ0n) is 13.0. The Morgan fingerprint density at radius 3 is 2.71 bits per heavy atom. The molecule has 0 saturated heterocycles. The molecule has 114 valence electrons. The molecule has 5 nitrogen and oxygen atoms in total. The number of aryl methyl sites for hydroxylation is 1. The van der Waals surface area contributed by atoms with Gasteiger partial charge in [0.1, 0.15) is 5.75 Å². The molecule has 5 heteroatoms. The van der Waals surface area contributed by atoms with Gasteiger partial charge < -0.3 is 15.0 Å². The quantitative estimate of drug-likeness (QED) is 0.813. The number of amides is 2. The fourth-order valence-corrected chi connectivity index (χ4v) is 2.01. The van der Waals surface area contributed by atoms with Crippen LogP contribution in [0.1, 0.15) is 24.1 Å². The number of benzene rings is 1. The Morgan fingerprint density at radius 2 is 2.14 bits per heavy atom. The van der Waals surface area contributed by atoms with Gasteiger partial charge in [-0.3, -0.25) is 9.59 Å². The fraction of sp³-hybridized carbons (Fsp3) is 0.375. The SMILES string of the molecule is C=CC(=O)N(C)CC(=O)N[C@H](C)c1cc(C)ccc1OC. The predicted molar refractivity (Wildman–Crippen MR) is 82.1 cm³/mol. The van der Waals surface area contributed by atoms with Gasteiger partial charge in [-0.1, -0.05) is 24.3 Å². The summed E-state index contributed by atoms with van der Waals surface area (Å²) in [6.45, 7) is 7.24. The minimum atomic E-state index is -0.286. The van der Waals surface area contributed by atoms with Crippen LogP contribution in [-0.4, -0.2) is 37.4 Å². The van der Waals surface area contributed by atoms with Crippen molar-refractivity contribution in [3.8, 4) is 5.75 Å². The van der Waals surface area contributed by atoms with Crippen molar-refractivity contribution in [2.45, 2.75) is 19.9 Å². The van der Waals surface area contributed by atoms with E-state index in [4.69, 9.17) is 4.74 Å². The first-order valence-corrected chi connectivity index (χ1v) is 6.70. The van der Waals surface area contributed by atoms with Crippen molar-refractivity contribution in [3.63, 3.8) is 0 Å². The first kappa shape index (κ1) is 16.8. The van der Waals surface area contributed by atoms with Crippen molar-refractivity contribution < 1.29 is 14.3 Å². The van der Waals surface area contributed by atoms with Crippen LogP contribution in [0.5, 0.6) is 5.75 Å². The van der Waals surface area contributed by atoms with Gasteiger partial charge in [0.15, 0.2) is 0 Å². The number of likely N-dealkylation sites (N-methyl/N-ethyl adjacent to an activating group) is 1. The summed E-state index contributed by atoms with van der Waals surface area (Å²) in [6, 6.07) is 5.59. The second kappa shape index (κ2) is 7.47. The number of nitrogens with one attached hydrogen (secondary N) is 1. The highest BCUT2D eigenvalue weighted by molar-refractivity contribution is 5.90. The molecule has 0 bridgehead atoms. The lowest BCUT2D eigenvalue weighted by molar-refractivity contribution is -0.131. The highest BCUT2D eigenvalue weighted by atomic mass is 16.5. The second-order valence-electron chi connectivity index (χ2n) is 4.93. The van der Waals surface area contributed by atoms with Crippen molar-refractivity contribution in [1.82, 2.24) is 10.2 Å². The van der Waals surface area contributed by atoms with Crippen molar-refractivity contribution in [2.75, 3.05) is 20.7 Å². The molecule has 1 aromatic rings. The van der Waals surface area contributed by atoms with Gasteiger partial charge in [0, 0.05) is 12.6 Å². The van der Waals surface area contributed by atoms with E-state index in [1.54, 1.807) is 14.2 Å². The molecule has 0 radical (unpaired) electrons. The van der Waals surface area contributed by atoms with Gasteiger partial charge in [0.2, 0.25) is 11.8 Å². The topological polar surface area (TPSA) is 58.6 Å². The number of ether oxygens (including phenoxy) is 1. The van der Waals surface area contributed by atoms with Crippen LogP contribution in [0.25, 0.3) is 0 Å². The van der Waals surface area contributed by atoms with E-state index in [9.17, 15) is 9.59 Å². The first-order valence-electron chi connectivity index (χ1n) is 6.70. The number of carbonyl (C=O) groups excluding carboxylic acids is 2. The Hall–Kier alpha value is -2.30. The van der Waals surface area contributed by atoms with Gasteiger partial charge in [-0.15, -0.1) is 0 Å². The van der Waals surface area contributed by atoms with Gasteiger partial charge in [-0.2, -0.15) is 0 Å². The van der Waals surface area contributed by atoms with E-state index in [-0.39, 0.29) is 24.4 Å². The lowest BCUT2D eigenvalue weighted by atomic mass is 10.0. The third kappa shape index (κ3) is 4.63. The molecule has 0 aliphatic heterocycles. The van der Waals surface area contributed by atoms with Gasteiger partial charge in [0.25, 0.3) is 0 Å². The lowest BCUT2D eigenvalue weighted by Gasteiger charge is -2.20. The maximum Gasteiger partial charge on any atom is 0.246 e. The molecule has 1 aromatic carbocycles. The van der Waals surface area contributed by atoms with Gasteiger partial charge in [0.05, 0.1) is 19.7 Å². The Bertz CT molecular complexity index is 540. The minimum Gasteiger partial charge on any atom is -0.496 e. The Balaban J connectivity index is 2.74. The predicted octanol–water partition coefficient (Wildman–Crippen LogP) is 1.83. The summed E-state index contributed by atoms with van der Waals surface area (Å²) < 4.78 is 5.31. The van der Waals surface area contributed by atoms with Crippen LogP contribution in [0, 0.1) is 6.92 Å². The molecule has 0 aliphatic carbocycles. The highest BCUT2D eigenvalue weighted by Crippen LogP contribution is 2.25. The van der Waals surface area contributed by atoms with Crippen LogP contribution < -0.4 is 10.1 Å². The summed E-state index contributed by atoms with van der Waals surface area (Å²) in [5, 5.41) is 2.86. The molecule has 0 saturated carbocycles. The molecule has 21 heavy (non-hydrogen) atoms. The number of hydrogen-bond acceptors (Lipinski definition) is 3. The Kier molecular flexibility index (Phi) is 5.96. The van der Waals surface area contributed by atoms with Crippen molar-refractivity contribution in [3.05, 3.63) is 42.0 Å². The molecule has 0 unspecified atom stereocenters. The van der Waals surface area contributed by atoms with Crippen molar-refractivity contribution >= 4 is 11.8 Å². The first-order chi connectivity index (χ1) is 9.88. The average Bonchev–Trinajstić information content (AvgIpc) is 2.45. The monoisotopic (exact) mass is 290 g/mol. The summed E-state index contributed by atoms with van der Waals surface area (Å²) in [7, 11) is 3.15. The maximum atomic E-state index is 12.0. The molecule has 1 atom stereocenters. The number of hydrogen-bond donors (Lipinski definition) is 1. The summed E-state index contributed by atoms with van der Waals surface area (Å²) in [6.07, 6.45) is 1.18. The van der Waals surface area contributed by atoms with Gasteiger partial charge in [-0.25, -0.2) is 0 Å². The van der Waals surface area contributed by atoms with Crippen LogP contribution in [0.3, 0.4) is 0 Å². The van der Waals surface area contributed by atoms with Gasteiger partial charge >= 0.3 is 0 Å². The third-order valence-electron chi connectivity index (χ3n) is 3.16. The Morgan fingerprint density at radius 1 is 1.48 bits per heavy atom. The minimum absolute atomic E-state index is 0.0106. The van der Waals surface area contributed by atoms with Gasteiger partial charge in [-0.05, 0) is 26.0 Å². The van der Waals surface area contributed by atoms with E-state index < -0.39 is 0 Å². The average molecular weight is 290 g/mol. The summed E-state index contributed by atoms with van der Waals surface area (Å²) in [4.78, 5) is 24.6. The lowest BCUT2D eigenvalue weighted by Crippen LogP contribution is -2.38. The van der Waals surface area contributed by atoms with Crippen LogP contribution in [0.15, 0.2) is 30.9 Å². The zero-order valence-corrected chi connectivity index (χ0v) is 13.0. The number of nitrogens with zero attached hydrogens (tertiary/aromatic N) is 1. The molecule has 0 aromatic heterocycles. The molecule has 0 spiro atoms. The van der Waals surface area contributed by atoms with Crippen molar-refractivity contribution in [1.29, 1.82) is 0 Å². The summed E-state index contributed by atoms with van der Waals surface area (Å²) in [5.74, 6) is 0.207. The summed E-state index contributed by atoms with van der Waals surface area (Å²) >= 11 is 0. The van der Waals surface area contributed by atoms with E-state index in [2.05, 4.69) is 11.9 Å². The normalized spacial score (nSPS) is 11.4. The maximum absolute atomic E-state index is 12.0. The highest BCUT2D eigenvalue weighted by Gasteiger charge is 2.16. The number of rotatable bonds is 6.